The van der Waals surface area contributed by atoms with E-state index in [1.54, 1.807) is 0 Å². The molecule has 2 heterocycles. The molecule has 0 spiro atoms. The van der Waals surface area contributed by atoms with E-state index in [0.29, 0.717) is 24.7 Å². The summed E-state index contributed by atoms with van der Waals surface area (Å²) < 4.78 is 5.77. The number of hydrogen-bond donors (Lipinski definition) is 2. The Morgan fingerprint density at radius 2 is 1.83 bits per heavy atom. The number of aromatic nitrogens is 1. The molecule has 4 rings (SSSR count). The van der Waals surface area contributed by atoms with Crippen LogP contribution in [0.5, 0.6) is 5.75 Å². The van der Waals surface area contributed by atoms with Gasteiger partial charge in [0.1, 0.15) is 18.4 Å². The van der Waals surface area contributed by atoms with Gasteiger partial charge in [-0.15, -0.1) is 0 Å². The van der Waals surface area contributed by atoms with Crippen molar-refractivity contribution in [2.75, 3.05) is 39.3 Å². The highest BCUT2D eigenvalue weighted by atomic mass is 35.5. The maximum Gasteiger partial charge on any atom is 0.325 e. The van der Waals surface area contributed by atoms with Crippen molar-refractivity contribution in [3.63, 3.8) is 0 Å². The van der Waals surface area contributed by atoms with Crippen LogP contribution in [0.25, 0.3) is 10.9 Å². The number of halogens is 1. The maximum absolute atomic E-state index is 12.1. The lowest BCUT2D eigenvalue weighted by Gasteiger charge is -2.37. The Morgan fingerprint density at radius 3 is 2.55 bits per heavy atom. The van der Waals surface area contributed by atoms with E-state index in [9.17, 15) is 9.90 Å². The van der Waals surface area contributed by atoms with Crippen LogP contribution >= 0.6 is 11.6 Å². The van der Waals surface area contributed by atoms with Gasteiger partial charge < -0.3 is 14.8 Å². The standard InChI is InChI=1S/C22H24ClN3O3/c23-16-5-7-17(8-6-16)29-14-13-25-9-11-26(12-10-25)21(22(27)28)19-15-24-20-4-2-1-3-18(19)20/h1-8,15,21,24H,9-14H2,(H,27,28). The normalized spacial score (nSPS) is 16.7. The molecule has 0 saturated carbocycles. The van der Waals surface area contributed by atoms with Gasteiger partial charge in [0.25, 0.3) is 0 Å². The first kappa shape index (κ1) is 19.8. The zero-order valence-corrected chi connectivity index (χ0v) is 16.8. The summed E-state index contributed by atoms with van der Waals surface area (Å²) in [6.45, 7) is 4.44. The van der Waals surface area contributed by atoms with Crippen LogP contribution in [-0.4, -0.2) is 65.2 Å². The SMILES string of the molecule is O=C(O)C(c1c[nH]c2ccccc12)N1CCN(CCOc2ccc(Cl)cc2)CC1. The Morgan fingerprint density at radius 1 is 1.10 bits per heavy atom. The number of carboxylic acid groups (broad SMARTS) is 1. The minimum atomic E-state index is -0.811. The first-order valence-corrected chi connectivity index (χ1v) is 10.1. The highest BCUT2D eigenvalue weighted by Gasteiger charge is 2.31. The highest BCUT2D eigenvalue weighted by molar-refractivity contribution is 6.30. The van der Waals surface area contributed by atoms with Gasteiger partial charge in [-0.25, -0.2) is 0 Å². The smallest absolute Gasteiger partial charge is 0.325 e. The average molecular weight is 414 g/mol. The fraction of sp³-hybridized carbons (Fsp3) is 0.318. The number of rotatable bonds is 7. The number of H-pyrrole nitrogens is 1. The number of hydrogen-bond acceptors (Lipinski definition) is 4. The molecule has 29 heavy (non-hydrogen) atoms. The van der Waals surface area contributed by atoms with Crippen LogP contribution in [0.2, 0.25) is 5.02 Å². The number of nitrogens with zero attached hydrogens (tertiary/aromatic N) is 2. The van der Waals surface area contributed by atoms with Crippen LogP contribution in [0.1, 0.15) is 11.6 Å². The van der Waals surface area contributed by atoms with E-state index >= 15 is 0 Å². The lowest BCUT2D eigenvalue weighted by atomic mass is 10.0. The van der Waals surface area contributed by atoms with Crippen molar-refractivity contribution in [2.24, 2.45) is 0 Å². The largest absolute Gasteiger partial charge is 0.492 e. The number of aliphatic carboxylic acids is 1. The Kier molecular flexibility index (Phi) is 6.04. The van der Waals surface area contributed by atoms with Crippen molar-refractivity contribution in [1.82, 2.24) is 14.8 Å². The predicted octanol–water partition coefficient (Wildman–Crippen LogP) is 3.64. The molecule has 2 aromatic carbocycles. The van der Waals surface area contributed by atoms with Crippen molar-refractivity contribution in [2.45, 2.75) is 6.04 Å². The van der Waals surface area contributed by atoms with Crippen LogP contribution in [-0.2, 0) is 4.79 Å². The quantitative estimate of drug-likeness (QED) is 0.618. The summed E-state index contributed by atoms with van der Waals surface area (Å²) in [5, 5.41) is 11.6. The summed E-state index contributed by atoms with van der Waals surface area (Å²) >= 11 is 5.89. The third-order valence-corrected chi connectivity index (χ3v) is 5.66. The topological polar surface area (TPSA) is 68.8 Å². The van der Waals surface area contributed by atoms with Gasteiger partial charge in [0.05, 0.1) is 0 Å². The molecule has 7 heteroatoms. The van der Waals surface area contributed by atoms with E-state index in [4.69, 9.17) is 16.3 Å². The molecule has 6 nitrogen and oxygen atoms in total. The van der Waals surface area contributed by atoms with Gasteiger partial charge in [-0.3, -0.25) is 14.6 Å². The van der Waals surface area contributed by atoms with E-state index in [2.05, 4.69) is 14.8 Å². The van der Waals surface area contributed by atoms with Crippen LogP contribution in [0.4, 0.5) is 0 Å². The van der Waals surface area contributed by atoms with Gasteiger partial charge in [0.15, 0.2) is 0 Å². The summed E-state index contributed by atoms with van der Waals surface area (Å²) in [7, 11) is 0. The maximum atomic E-state index is 12.1. The monoisotopic (exact) mass is 413 g/mol. The molecule has 2 N–H and O–H groups in total. The fourth-order valence-electron chi connectivity index (χ4n) is 3.87. The van der Waals surface area contributed by atoms with E-state index < -0.39 is 12.0 Å². The number of ether oxygens (including phenoxy) is 1. The molecule has 1 unspecified atom stereocenters. The summed E-state index contributed by atoms with van der Waals surface area (Å²) in [5.74, 6) is -0.00686. The van der Waals surface area contributed by atoms with Crippen LogP contribution in [0.3, 0.4) is 0 Å². The molecule has 1 saturated heterocycles. The van der Waals surface area contributed by atoms with Gasteiger partial charge in [-0.1, -0.05) is 29.8 Å². The van der Waals surface area contributed by atoms with Gasteiger partial charge in [-0.2, -0.15) is 0 Å². The molecule has 0 radical (unpaired) electrons. The minimum absolute atomic E-state index is 0.590. The van der Waals surface area contributed by atoms with Gasteiger partial charge in [0, 0.05) is 60.4 Å². The minimum Gasteiger partial charge on any atom is -0.492 e. The first-order chi connectivity index (χ1) is 14.1. The van der Waals surface area contributed by atoms with Crippen molar-refractivity contribution in [3.8, 4) is 5.75 Å². The molecule has 0 amide bonds. The van der Waals surface area contributed by atoms with Crippen LogP contribution < -0.4 is 4.74 Å². The zero-order chi connectivity index (χ0) is 20.2. The zero-order valence-electron chi connectivity index (χ0n) is 16.1. The summed E-state index contributed by atoms with van der Waals surface area (Å²) in [4.78, 5) is 19.6. The third kappa shape index (κ3) is 4.56. The fourth-order valence-corrected chi connectivity index (χ4v) is 4.00. The third-order valence-electron chi connectivity index (χ3n) is 5.41. The second-order valence-electron chi connectivity index (χ2n) is 7.21. The summed E-state index contributed by atoms with van der Waals surface area (Å²) in [5.41, 5.74) is 1.79. The Hall–Kier alpha value is -2.54. The second-order valence-corrected chi connectivity index (χ2v) is 7.65. The van der Waals surface area contributed by atoms with Crippen molar-refractivity contribution >= 4 is 28.5 Å². The van der Waals surface area contributed by atoms with Crippen molar-refractivity contribution < 1.29 is 14.6 Å². The number of carboxylic acids is 1. The molecule has 1 aromatic heterocycles. The molecule has 0 aliphatic carbocycles. The number of piperazine rings is 1. The second kappa shape index (κ2) is 8.86. The van der Waals surface area contributed by atoms with Crippen molar-refractivity contribution in [3.05, 3.63) is 65.3 Å². The number of nitrogens with one attached hydrogen (secondary N) is 1. The van der Waals surface area contributed by atoms with E-state index in [1.807, 2.05) is 54.7 Å². The highest BCUT2D eigenvalue weighted by Crippen LogP contribution is 2.29. The van der Waals surface area contributed by atoms with Crippen molar-refractivity contribution in [1.29, 1.82) is 0 Å². The molecule has 3 aromatic rings. The first-order valence-electron chi connectivity index (χ1n) is 9.75. The van der Waals surface area contributed by atoms with Gasteiger partial charge in [0.2, 0.25) is 0 Å². The molecule has 1 aliphatic heterocycles. The summed E-state index contributed by atoms with van der Waals surface area (Å²) in [6.07, 6.45) is 1.83. The lowest BCUT2D eigenvalue weighted by molar-refractivity contribution is -0.144. The van der Waals surface area contributed by atoms with E-state index in [1.165, 1.54) is 0 Å². The molecule has 152 valence electrons. The van der Waals surface area contributed by atoms with Gasteiger partial charge >= 0.3 is 5.97 Å². The Balaban J connectivity index is 1.34. The molecular formula is C22H24ClN3O3. The molecule has 1 fully saturated rings. The average Bonchev–Trinajstić information content (AvgIpc) is 3.14. The number of fused-ring (bicyclic) bond motifs is 1. The van der Waals surface area contributed by atoms with Crippen LogP contribution in [0, 0.1) is 0 Å². The van der Waals surface area contributed by atoms with E-state index in [0.717, 1.165) is 41.9 Å². The number of aromatic amines is 1. The molecule has 1 atom stereocenters. The predicted molar refractivity (Wildman–Crippen MR) is 114 cm³/mol. The Labute approximate surface area is 174 Å². The number of carbonyl (C=O) groups is 1. The number of benzene rings is 2. The summed E-state index contributed by atoms with van der Waals surface area (Å²) in [6, 6.07) is 14.5. The molecule has 0 bridgehead atoms. The number of para-hydroxylation sites is 1. The lowest BCUT2D eigenvalue weighted by Crippen LogP contribution is -2.50. The van der Waals surface area contributed by atoms with Crippen LogP contribution in [0.15, 0.2) is 54.7 Å². The Bertz CT molecular complexity index is 965. The molecule has 1 aliphatic rings. The molecular weight excluding hydrogens is 390 g/mol. The van der Waals surface area contributed by atoms with E-state index in [-0.39, 0.29) is 0 Å². The van der Waals surface area contributed by atoms with Gasteiger partial charge in [-0.05, 0) is 30.3 Å².